The normalized spacial score (nSPS) is 12.4. The van der Waals surface area contributed by atoms with Gasteiger partial charge in [0, 0.05) is 5.92 Å². The van der Waals surface area contributed by atoms with Crippen LogP contribution in [0.25, 0.3) is 0 Å². The lowest BCUT2D eigenvalue weighted by Gasteiger charge is -2.05. The Bertz CT molecular complexity index is 256. The smallest absolute Gasteiger partial charge is 0.220 e. The molecule has 1 radical (unpaired) electrons. The Labute approximate surface area is 72.4 Å². The van der Waals surface area contributed by atoms with Gasteiger partial charge in [-0.15, -0.1) is 0 Å². The molecule has 0 aromatic heterocycles. The van der Waals surface area contributed by atoms with Crippen LogP contribution in [0.4, 0.5) is 0 Å². The number of carbonyl (C=O) groups is 1. The van der Waals surface area contributed by atoms with Crippen LogP contribution in [0.3, 0.4) is 0 Å². The fourth-order valence-corrected chi connectivity index (χ4v) is 0.999. The van der Waals surface area contributed by atoms with Crippen LogP contribution in [-0.2, 0) is 11.2 Å². The van der Waals surface area contributed by atoms with Gasteiger partial charge < -0.3 is 5.73 Å². The second kappa shape index (κ2) is 3.90. The number of amides is 1. The van der Waals surface area contributed by atoms with Gasteiger partial charge in [0.1, 0.15) is 0 Å². The number of hydrogen-bond acceptors (Lipinski definition) is 1. The summed E-state index contributed by atoms with van der Waals surface area (Å²) < 4.78 is 0. The molecule has 0 saturated heterocycles. The third-order valence-electron chi connectivity index (χ3n) is 1.73. The molecule has 1 aromatic carbocycles. The van der Waals surface area contributed by atoms with Crippen molar-refractivity contribution in [3.05, 3.63) is 42.8 Å². The van der Waals surface area contributed by atoms with Crippen molar-refractivity contribution >= 4 is 5.91 Å². The predicted molar refractivity (Wildman–Crippen MR) is 48.2 cm³/mol. The fourth-order valence-electron chi connectivity index (χ4n) is 0.999. The van der Waals surface area contributed by atoms with Crippen molar-refractivity contribution in [2.45, 2.75) is 6.42 Å². The monoisotopic (exact) mass is 162 g/mol. The molecule has 2 heteroatoms. The number of benzene rings is 1. The molecule has 1 unspecified atom stereocenters. The maximum absolute atomic E-state index is 10.7. The average molecular weight is 162 g/mol. The highest BCUT2D eigenvalue weighted by Gasteiger charge is 2.08. The Kier molecular flexibility index (Phi) is 2.86. The molecule has 1 rings (SSSR count). The molecule has 1 amide bonds. The maximum Gasteiger partial charge on any atom is 0.220 e. The van der Waals surface area contributed by atoms with E-state index in [-0.39, 0.29) is 11.8 Å². The van der Waals surface area contributed by atoms with Crippen molar-refractivity contribution < 1.29 is 4.79 Å². The summed E-state index contributed by atoms with van der Waals surface area (Å²) in [5.41, 5.74) is 6.18. The van der Waals surface area contributed by atoms with Gasteiger partial charge in [-0.3, -0.25) is 4.79 Å². The minimum atomic E-state index is -0.348. The zero-order valence-corrected chi connectivity index (χ0v) is 6.86. The summed E-state index contributed by atoms with van der Waals surface area (Å²) in [6.45, 7) is 3.66. The van der Waals surface area contributed by atoms with Crippen LogP contribution in [0.2, 0.25) is 0 Å². The van der Waals surface area contributed by atoms with Crippen LogP contribution < -0.4 is 5.73 Å². The summed E-state index contributed by atoms with van der Waals surface area (Å²) >= 11 is 0. The molecule has 0 spiro atoms. The Morgan fingerprint density at radius 2 is 2.00 bits per heavy atom. The van der Waals surface area contributed by atoms with E-state index in [9.17, 15) is 4.79 Å². The highest BCUT2D eigenvalue weighted by atomic mass is 16.1. The molecule has 1 aromatic rings. The van der Waals surface area contributed by atoms with E-state index in [0.29, 0.717) is 6.42 Å². The van der Waals surface area contributed by atoms with Crippen LogP contribution in [0.1, 0.15) is 5.56 Å². The maximum atomic E-state index is 10.7. The molecule has 12 heavy (non-hydrogen) atoms. The van der Waals surface area contributed by atoms with Crippen LogP contribution >= 0.6 is 0 Å². The van der Waals surface area contributed by atoms with E-state index in [0.717, 1.165) is 5.56 Å². The number of hydrogen-bond donors (Lipinski definition) is 1. The van der Waals surface area contributed by atoms with Crippen LogP contribution in [0, 0.1) is 12.8 Å². The molecule has 0 aliphatic heterocycles. The summed E-state index contributed by atoms with van der Waals surface area (Å²) in [4.78, 5) is 10.7. The van der Waals surface area contributed by atoms with Gasteiger partial charge in [-0.05, 0) is 18.9 Å². The first kappa shape index (κ1) is 8.78. The second-order valence-corrected chi connectivity index (χ2v) is 2.79. The topological polar surface area (TPSA) is 43.1 Å². The zero-order chi connectivity index (χ0) is 8.97. The molecule has 0 bridgehead atoms. The molecule has 0 aliphatic carbocycles. The van der Waals surface area contributed by atoms with E-state index in [2.05, 4.69) is 6.92 Å². The van der Waals surface area contributed by atoms with Gasteiger partial charge in [-0.25, -0.2) is 0 Å². The van der Waals surface area contributed by atoms with Crippen molar-refractivity contribution in [1.29, 1.82) is 0 Å². The molecule has 2 N–H and O–H groups in total. The first-order valence-electron chi connectivity index (χ1n) is 3.86. The van der Waals surface area contributed by atoms with Gasteiger partial charge in [0.2, 0.25) is 5.91 Å². The van der Waals surface area contributed by atoms with Gasteiger partial charge in [-0.2, -0.15) is 0 Å². The summed E-state index contributed by atoms with van der Waals surface area (Å²) in [6.07, 6.45) is 0.621. The second-order valence-electron chi connectivity index (χ2n) is 2.79. The van der Waals surface area contributed by atoms with Crippen molar-refractivity contribution in [3.8, 4) is 0 Å². The highest BCUT2D eigenvalue weighted by molar-refractivity contribution is 5.77. The average Bonchev–Trinajstić information content (AvgIpc) is 2.06. The summed E-state index contributed by atoms with van der Waals surface area (Å²) in [5, 5.41) is 0. The number of nitrogens with two attached hydrogens (primary N) is 1. The van der Waals surface area contributed by atoms with Crippen molar-refractivity contribution in [2.75, 3.05) is 0 Å². The first-order chi connectivity index (χ1) is 5.70. The molecular weight excluding hydrogens is 150 g/mol. The largest absolute Gasteiger partial charge is 0.369 e. The Morgan fingerprint density at radius 3 is 2.50 bits per heavy atom. The molecular formula is C10H12NO. The molecule has 0 heterocycles. The minimum absolute atomic E-state index is 0.326. The van der Waals surface area contributed by atoms with E-state index in [4.69, 9.17) is 5.73 Å². The van der Waals surface area contributed by atoms with Crippen LogP contribution in [0.15, 0.2) is 30.3 Å². The zero-order valence-electron chi connectivity index (χ0n) is 6.86. The number of rotatable bonds is 3. The third kappa shape index (κ3) is 2.38. The van der Waals surface area contributed by atoms with E-state index in [1.54, 1.807) is 0 Å². The van der Waals surface area contributed by atoms with E-state index < -0.39 is 0 Å². The van der Waals surface area contributed by atoms with E-state index >= 15 is 0 Å². The standard InChI is InChI=1S/C10H12NO/c1-8(10(11)12)7-9-5-3-2-4-6-9/h2-6,8H,1,7H2,(H2,11,12). The first-order valence-corrected chi connectivity index (χ1v) is 3.86. The van der Waals surface area contributed by atoms with Gasteiger partial charge >= 0.3 is 0 Å². The van der Waals surface area contributed by atoms with E-state index in [1.807, 2.05) is 30.3 Å². The van der Waals surface area contributed by atoms with Crippen molar-refractivity contribution in [3.63, 3.8) is 0 Å². The third-order valence-corrected chi connectivity index (χ3v) is 1.73. The molecule has 1 atom stereocenters. The SMILES string of the molecule is [CH2]C(Cc1ccccc1)C(N)=O. The van der Waals surface area contributed by atoms with Gasteiger partial charge in [-0.1, -0.05) is 30.3 Å². The lowest BCUT2D eigenvalue weighted by molar-refractivity contribution is -0.120. The quantitative estimate of drug-likeness (QED) is 0.712. The van der Waals surface area contributed by atoms with E-state index in [1.165, 1.54) is 0 Å². The lowest BCUT2D eigenvalue weighted by atomic mass is 10.0. The summed E-state index contributed by atoms with van der Waals surface area (Å²) in [7, 11) is 0. The predicted octanol–water partition coefficient (Wildman–Crippen LogP) is 1.16. The Balaban J connectivity index is 2.58. The molecule has 63 valence electrons. The molecule has 2 nitrogen and oxygen atoms in total. The van der Waals surface area contributed by atoms with Crippen molar-refractivity contribution in [1.82, 2.24) is 0 Å². The molecule has 0 aliphatic rings. The Hall–Kier alpha value is -1.31. The molecule has 0 fully saturated rings. The summed E-state index contributed by atoms with van der Waals surface area (Å²) in [5.74, 6) is -0.675. The fraction of sp³-hybridized carbons (Fsp3) is 0.200. The number of primary amides is 1. The van der Waals surface area contributed by atoms with Gasteiger partial charge in [0.05, 0.1) is 0 Å². The van der Waals surface area contributed by atoms with Gasteiger partial charge in [0.15, 0.2) is 0 Å². The molecule has 0 saturated carbocycles. The Morgan fingerprint density at radius 1 is 1.42 bits per heavy atom. The summed E-state index contributed by atoms with van der Waals surface area (Å²) in [6, 6.07) is 9.72. The number of carbonyl (C=O) groups excluding carboxylic acids is 1. The van der Waals surface area contributed by atoms with Gasteiger partial charge in [0.25, 0.3) is 0 Å². The lowest BCUT2D eigenvalue weighted by Crippen LogP contribution is -2.22. The van der Waals surface area contributed by atoms with Crippen LogP contribution in [0.5, 0.6) is 0 Å². The van der Waals surface area contributed by atoms with Crippen molar-refractivity contribution in [2.24, 2.45) is 11.7 Å². The van der Waals surface area contributed by atoms with Crippen LogP contribution in [-0.4, -0.2) is 5.91 Å². The highest BCUT2D eigenvalue weighted by Crippen LogP contribution is 2.06. The minimum Gasteiger partial charge on any atom is -0.369 e.